The molecule has 0 aliphatic carbocycles. The number of nitrogens with zero attached hydrogens (tertiary/aromatic N) is 3. The average Bonchev–Trinajstić information content (AvgIpc) is 2.87. The van der Waals surface area contributed by atoms with Crippen molar-refractivity contribution in [2.75, 3.05) is 0 Å². The molecule has 0 spiro atoms. The van der Waals surface area contributed by atoms with E-state index in [9.17, 15) is 13.6 Å². The average molecular weight is 316 g/mol. The van der Waals surface area contributed by atoms with Gasteiger partial charge in [0.25, 0.3) is 0 Å². The number of fused-ring (bicyclic) bond motifs is 1. The van der Waals surface area contributed by atoms with Gasteiger partial charge in [-0.3, -0.25) is 14.3 Å². The van der Waals surface area contributed by atoms with Gasteiger partial charge in [0.1, 0.15) is 17.2 Å². The van der Waals surface area contributed by atoms with Crippen molar-refractivity contribution < 1.29 is 13.6 Å². The predicted octanol–water partition coefficient (Wildman–Crippen LogP) is 2.90. The van der Waals surface area contributed by atoms with Crippen LogP contribution in [0.15, 0.2) is 36.7 Å². The highest BCUT2D eigenvalue weighted by molar-refractivity contribution is 5.79. The maximum absolute atomic E-state index is 14.1. The van der Waals surface area contributed by atoms with Crippen molar-refractivity contribution in [3.8, 4) is 5.69 Å². The lowest BCUT2D eigenvalue weighted by Gasteiger charge is -2.15. The molecule has 3 aromatic rings. The molecule has 7 heteroatoms. The number of aromatic nitrogens is 3. The van der Waals surface area contributed by atoms with E-state index in [-0.39, 0.29) is 16.9 Å². The van der Waals surface area contributed by atoms with Gasteiger partial charge in [0.2, 0.25) is 5.91 Å². The monoisotopic (exact) mass is 316 g/mol. The van der Waals surface area contributed by atoms with Gasteiger partial charge in [0.15, 0.2) is 5.82 Å². The van der Waals surface area contributed by atoms with Crippen molar-refractivity contribution in [2.45, 2.75) is 19.9 Å². The topological polar surface area (TPSA) is 59.8 Å². The molecule has 1 atom stereocenters. The molecule has 0 radical (unpaired) electrons. The van der Waals surface area contributed by atoms with Crippen molar-refractivity contribution in [1.82, 2.24) is 19.9 Å². The Morgan fingerprint density at radius 2 is 2.13 bits per heavy atom. The zero-order chi connectivity index (χ0) is 16.6. The first kappa shape index (κ1) is 15.1. The number of imidazole rings is 1. The number of carbonyl (C=O) groups excluding carboxylic acids is 1. The molecule has 3 rings (SSSR count). The number of amides is 1. The van der Waals surface area contributed by atoms with Crippen LogP contribution in [0, 0.1) is 11.6 Å². The normalized spacial score (nSPS) is 12.3. The van der Waals surface area contributed by atoms with E-state index in [1.165, 1.54) is 13.0 Å². The Morgan fingerprint density at radius 3 is 2.78 bits per heavy atom. The minimum absolute atomic E-state index is 0.0439. The molecular weight excluding hydrogens is 302 g/mol. The first-order valence-corrected chi connectivity index (χ1v) is 7.02. The van der Waals surface area contributed by atoms with E-state index in [1.54, 1.807) is 36.0 Å². The number of carbonyl (C=O) groups is 1. The van der Waals surface area contributed by atoms with Gasteiger partial charge in [0, 0.05) is 25.3 Å². The molecule has 23 heavy (non-hydrogen) atoms. The summed E-state index contributed by atoms with van der Waals surface area (Å²) in [7, 11) is 0. The van der Waals surface area contributed by atoms with E-state index in [4.69, 9.17) is 0 Å². The molecule has 1 N–H and O–H groups in total. The van der Waals surface area contributed by atoms with Crippen LogP contribution in [0.1, 0.15) is 25.7 Å². The third-order valence-corrected chi connectivity index (χ3v) is 3.42. The fourth-order valence-electron chi connectivity index (χ4n) is 2.54. The number of rotatable bonds is 3. The van der Waals surface area contributed by atoms with Crippen LogP contribution in [0.3, 0.4) is 0 Å². The highest BCUT2D eigenvalue weighted by atomic mass is 19.1. The number of hydrogen-bond acceptors (Lipinski definition) is 3. The highest BCUT2D eigenvalue weighted by Crippen LogP contribution is 2.27. The van der Waals surface area contributed by atoms with Crippen molar-refractivity contribution in [2.24, 2.45) is 0 Å². The number of benzene rings is 1. The molecule has 5 nitrogen and oxygen atoms in total. The van der Waals surface area contributed by atoms with Gasteiger partial charge in [-0.1, -0.05) is 0 Å². The Bertz CT molecular complexity index is 877. The smallest absolute Gasteiger partial charge is 0.217 e. The second-order valence-electron chi connectivity index (χ2n) is 5.19. The van der Waals surface area contributed by atoms with E-state index in [0.29, 0.717) is 11.5 Å². The standard InChI is InChI=1S/C16H14F2N4O/c1-9(20-10(2)23)16-21-15-13(18)6-11(17)7-14(15)22(16)12-4-3-5-19-8-12/h3-9H,1-2H3,(H,20,23). The Morgan fingerprint density at radius 1 is 1.35 bits per heavy atom. The molecule has 2 heterocycles. The van der Waals surface area contributed by atoms with Crippen molar-refractivity contribution in [1.29, 1.82) is 0 Å². The van der Waals surface area contributed by atoms with Crippen LogP contribution >= 0.6 is 0 Å². The molecule has 1 aromatic carbocycles. The number of nitrogens with one attached hydrogen (secondary N) is 1. The number of pyridine rings is 1. The lowest BCUT2D eigenvalue weighted by atomic mass is 10.2. The molecule has 0 saturated heterocycles. The molecule has 2 aromatic heterocycles. The Labute approximate surface area is 131 Å². The molecular formula is C16H14F2N4O. The van der Waals surface area contributed by atoms with Gasteiger partial charge in [-0.15, -0.1) is 0 Å². The van der Waals surface area contributed by atoms with Crippen molar-refractivity contribution in [3.05, 3.63) is 54.1 Å². The molecule has 118 valence electrons. The first-order valence-electron chi connectivity index (χ1n) is 7.02. The zero-order valence-corrected chi connectivity index (χ0v) is 12.5. The summed E-state index contributed by atoms with van der Waals surface area (Å²) in [6.45, 7) is 3.11. The summed E-state index contributed by atoms with van der Waals surface area (Å²) < 4.78 is 29.3. The highest BCUT2D eigenvalue weighted by Gasteiger charge is 2.21. The summed E-state index contributed by atoms with van der Waals surface area (Å²) >= 11 is 0. The molecule has 1 amide bonds. The fourth-order valence-corrected chi connectivity index (χ4v) is 2.54. The van der Waals surface area contributed by atoms with Gasteiger partial charge in [-0.2, -0.15) is 0 Å². The van der Waals surface area contributed by atoms with Gasteiger partial charge in [-0.05, 0) is 19.1 Å². The zero-order valence-electron chi connectivity index (χ0n) is 12.5. The summed E-state index contributed by atoms with van der Waals surface area (Å²) in [5, 5.41) is 2.71. The van der Waals surface area contributed by atoms with E-state index in [0.717, 1.165) is 6.07 Å². The SMILES string of the molecule is CC(=O)NC(C)c1nc2c(F)cc(F)cc2n1-c1cccnc1. The maximum atomic E-state index is 14.1. The van der Waals surface area contributed by atoms with Gasteiger partial charge in [0.05, 0.1) is 23.4 Å². The van der Waals surface area contributed by atoms with E-state index >= 15 is 0 Å². The van der Waals surface area contributed by atoms with Gasteiger partial charge < -0.3 is 5.32 Å². The van der Waals surface area contributed by atoms with Crippen LogP contribution in [0.2, 0.25) is 0 Å². The summed E-state index contributed by atoms with van der Waals surface area (Å²) in [6, 6.07) is 4.98. The van der Waals surface area contributed by atoms with E-state index in [2.05, 4.69) is 15.3 Å². The van der Waals surface area contributed by atoms with Crippen LogP contribution in [0.5, 0.6) is 0 Å². The molecule has 0 aliphatic rings. The summed E-state index contributed by atoms with van der Waals surface area (Å²) in [4.78, 5) is 19.6. The third-order valence-electron chi connectivity index (χ3n) is 3.42. The molecule has 0 saturated carbocycles. The van der Waals surface area contributed by atoms with Crippen LogP contribution in [0.25, 0.3) is 16.7 Å². The quantitative estimate of drug-likeness (QED) is 0.808. The van der Waals surface area contributed by atoms with Crippen LogP contribution in [-0.2, 0) is 4.79 Å². The summed E-state index contributed by atoms with van der Waals surface area (Å²) in [5.74, 6) is -1.29. The van der Waals surface area contributed by atoms with Gasteiger partial charge >= 0.3 is 0 Å². The van der Waals surface area contributed by atoms with E-state index < -0.39 is 17.7 Å². The Balaban J connectivity index is 2.30. The first-order chi connectivity index (χ1) is 11.0. The lowest BCUT2D eigenvalue weighted by molar-refractivity contribution is -0.119. The number of halogens is 2. The maximum Gasteiger partial charge on any atom is 0.217 e. The van der Waals surface area contributed by atoms with Crippen molar-refractivity contribution >= 4 is 16.9 Å². The van der Waals surface area contributed by atoms with Crippen molar-refractivity contribution in [3.63, 3.8) is 0 Å². The number of hydrogen-bond donors (Lipinski definition) is 1. The molecule has 0 aliphatic heterocycles. The third kappa shape index (κ3) is 2.77. The second-order valence-corrected chi connectivity index (χ2v) is 5.19. The Kier molecular flexibility index (Phi) is 3.77. The minimum atomic E-state index is -0.751. The van der Waals surface area contributed by atoms with Crippen LogP contribution < -0.4 is 5.32 Å². The minimum Gasteiger partial charge on any atom is -0.347 e. The van der Waals surface area contributed by atoms with Gasteiger partial charge in [-0.25, -0.2) is 13.8 Å². The lowest BCUT2D eigenvalue weighted by Crippen LogP contribution is -2.26. The molecule has 1 unspecified atom stereocenters. The van der Waals surface area contributed by atoms with Crippen LogP contribution in [0.4, 0.5) is 8.78 Å². The Hall–Kier alpha value is -2.83. The molecule has 0 bridgehead atoms. The predicted molar refractivity (Wildman–Crippen MR) is 81.0 cm³/mol. The summed E-state index contributed by atoms with van der Waals surface area (Å²) in [5.41, 5.74) is 0.928. The molecule has 0 fully saturated rings. The second kappa shape index (κ2) is 5.75. The van der Waals surface area contributed by atoms with E-state index in [1.807, 2.05) is 0 Å². The van der Waals surface area contributed by atoms with Crippen LogP contribution in [-0.4, -0.2) is 20.4 Å². The summed E-state index contributed by atoms with van der Waals surface area (Å²) in [6.07, 6.45) is 3.16. The largest absolute Gasteiger partial charge is 0.347 e. The fraction of sp³-hybridized carbons (Fsp3) is 0.188.